The minimum atomic E-state index is -0.313. The highest BCUT2D eigenvalue weighted by Gasteiger charge is 2.00. The summed E-state index contributed by atoms with van der Waals surface area (Å²) in [5.74, 6) is 0.842. The number of thiol groups is 1. The van der Waals surface area contributed by atoms with E-state index in [9.17, 15) is 4.39 Å². The molecule has 0 spiro atoms. The fraction of sp³-hybridized carbons (Fsp3) is 0.250. The third-order valence-corrected chi connectivity index (χ3v) is 2.08. The zero-order chi connectivity index (χ0) is 8.97. The first-order chi connectivity index (χ1) is 5.74. The van der Waals surface area contributed by atoms with Crippen LogP contribution in [0.4, 0.5) is 4.39 Å². The van der Waals surface area contributed by atoms with Crippen molar-refractivity contribution >= 4 is 28.6 Å². The highest BCUT2D eigenvalue weighted by Crippen LogP contribution is 2.20. The Kier molecular flexibility index (Phi) is 3.88. The standard InChI is InChI=1S/C8H8BrFOS/c9-7-2-1-6(5-8(7)10)11-3-4-12/h1-2,5,12H,3-4H2. The molecular weight excluding hydrogens is 243 g/mol. The van der Waals surface area contributed by atoms with E-state index < -0.39 is 0 Å². The topological polar surface area (TPSA) is 9.23 Å². The highest BCUT2D eigenvalue weighted by atomic mass is 79.9. The maximum Gasteiger partial charge on any atom is 0.141 e. The molecule has 66 valence electrons. The van der Waals surface area contributed by atoms with E-state index in [-0.39, 0.29) is 5.82 Å². The van der Waals surface area contributed by atoms with Crippen LogP contribution in [-0.4, -0.2) is 12.4 Å². The minimum absolute atomic E-state index is 0.313. The van der Waals surface area contributed by atoms with E-state index >= 15 is 0 Å². The predicted molar refractivity (Wildman–Crippen MR) is 53.4 cm³/mol. The van der Waals surface area contributed by atoms with Crippen molar-refractivity contribution < 1.29 is 9.13 Å². The molecule has 0 radical (unpaired) electrons. The van der Waals surface area contributed by atoms with Crippen molar-refractivity contribution in [2.45, 2.75) is 0 Å². The van der Waals surface area contributed by atoms with Crippen molar-refractivity contribution in [3.8, 4) is 5.75 Å². The molecule has 0 aliphatic rings. The van der Waals surface area contributed by atoms with Crippen molar-refractivity contribution in [3.05, 3.63) is 28.5 Å². The van der Waals surface area contributed by atoms with Gasteiger partial charge in [-0.2, -0.15) is 12.6 Å². The molecule has 0 unspecified atom stereocenters. The quantitative estimate of drug-likeness (QED) is 0.812. The maximum absolute atomic E-state index is 12.9. The molecule has 0 saturated carbocycles. The summed E-state index contributed by atoms with van der Waals surface area (Å²) < 4.78 is 18.5. The van der Waals surface area contributed by atoms with Crippen molar-refractivity contribution in [1.29, 1.82) is 0 Å². The van der Waals surface area contributed by atoms with Crippen LogP contribution in [0.2, 0.25) is 0 Å². The number of ether oxygens (including phenoxy) is 1. The molecule has 1 nitrogen and oxygen atoms in total. The lowest BCUT2D eigenvalue weighted by Gasteiger charge is -2.03. The number of rotatable bonds is 3. The fourth-order valence-corrected chi connectivity index (χ4v) is 1.07. The summed E-state index contributed by atoms with van der Waals surface area (Å²) in [5.41, 5.74) is 0. The Morgan fingerprint density at radius 3 is 2.83 bits per heavy atom. The lowest BCUT2D eigenvalue weighted by molar-refractivity contribution is 0.342. The molecule has 0 N–H and O–H groups in total. The van der Waals surface area contributed by atoms with E-state index in [1.807, 2.05) is 0 Å². The summed E-state index contributed by atoms with van der Waals surface area (Å²) >= 11 is 7.02. The monoisotopic (exact) mass is 250 g/mol. The highest BCUT2D eigenvalue weighted by molar-refractivity contribution is 9.10. The van der Waals surface area contributed by atoms with E-state index in [0.29, 0.717) is 22.6 Å². The largest absolute Gasteiger partial charge is 0.493 e. The average molecular weight is 251 g/mol. The number of halogens is 2. The summed E-state index contributed by atoms with van der Waals surface area (Å²) in [4.78, 5) is 0. The van der Waals surface area contributed by atoms with Gasteiger partial charge in [-0.15, -0.1) is 0 Å². The van der Waals surface area contributed by atoms with Crippen molar-refractivity contribution in [3.63, 3.8) is 0 Å². The third-order valence-electron chi connectivity index (χ3n) is 1.25. The van der Waals surface area contributed by atoms with Gasteiger partial charge in [0.2, 0.25) is 0 Å². The first kappa shape index (κ1) is 9.86. The van der Waals surface area contributed by atoms with Gasteiger partial charge in [0, 0.05) is 11.8 Å². The van der Waals surface area contributed by atoms with Gasteiger partial charge < -0.3 is 4.74 Å². The van der Waals surface area contributed by atoms with E-state index in [4.69, 9.17) is 4.74 Å². The minimum Gasteiger partial charge on any atom is -0.493 e. The van der Waals surface area contributed by atoms with Crippen LogP contribution in [0.1, 0.15) is 0 Å². The molecule has 0 aliphatic heterocycles. The van der Waals surface area contributed by atoms with Crippen LogP contribution < -0.4 is 4.74 Å². The molecule has 0 atom stereocenters. The summed E-state index contributed by atoms with van der Waals surface area (Å²) in [6.45, 7) is 0.490. The van der Waals surface area contributed by atoms with E-state index in [0.717, 1.165) is 0 Å². The maximum atomic E-state index is 12.9. The second kappa shape index (κ2) is 4.72. The second-order valence-electron chi connectivity index (χ2n) is 2.15. The van der Waals surface area contributed by atoms with Crippen LogP contribution in [0.15, 0.2) is 22.7 Å². The Hall–Kier alpha value is -0.220. The smallest absolute Gasteiger partial charge is 0.141 e. The molecule has 0 aliphatic carbocycles. The fourth-order valence-electron chi connectivity index (χ4n) is 0.730. The van der Waals surface area contributed by atoms with Gasteiger partial charge in [-0.25, -0.2) is 4.39 Å². The summed E-state index contributed by atoms with van der Waals surface area (Å²) in [5, 5.41) is 0. The molecule has 0 saturated heterocycles. The molecule has 0 amide bonds. The number of hydrogen-bond donors (Lipinski definition) is 1. The van der Waals surface area contributed by atoms with E-state index in [2.05, 4.69) is 28.6 Å². The predicted octanol–water partition coefficient (Wildman–Crippen LogP) is 2.90. The van der Waals surface area contributed by atoms with E-state index in [1.165, 1.54) is 6.07 Å². The molecule has 1 aromatic carbocycles. The van der Waals surface area contributed by atoms with Crippen molar-refractivity contribution in [2.24, 2.45) is 0 Å². The zero-order valence-corrected chi connectivity index (χ0v) is 8.74. The molecular formula is C8H8BrFOS. The first-order valence-corrected chi connectivity index (χ1v) is 4.85. The molecule has 0 fully saturated rings. The molecule has 12 heavy (non-hydrogen) atoms. The van der Waals surface area contributed by atoms with Gasteiger partial charge in [0.1, 0.15) is 11.6 Å². The summed E-state index contributed by atoms with van der Waals surface area (Å²) in [7, 11) is 0. The molecule has 4 heteroatoms. The van der Waals surface area contributed by atoms with Crippen LogP contribution in [0.25, 0.3) is 0 Å². The summed E-state index contributed by atoms with van der Waals surface area (Å²) in [6, 6.07) is 4.66. The van der Waals surface area contributed by atoms with Crippen LogP contribution in [0, 0.1) is 5.82 Å². The van der Waals surface area contributed by atoms with Crippen LogP contribution in [0.5, 0.6) is 5.75 Å². The van der Waals surface area contributed by atoms with Gasteiger partial charge >= 0.3 is 0 Å². The van der Waals surface area contributed by atoms with Crippen LogP contribution in [0.3, 0.4) is 0 Å². The molecule has 0 aromatic heterocycles. The van der Waals surface area contributed by atoms with Crippen molar-refractivity contribution in [2.75, 3.05) is 12.4 Å². The Balaban J connectivity index is 2.69. The SMILES string of the molecule is Fc1cc(OCCS)ccc1Br. The Morgan fingerprint density at radius 2 is 2.25 bits per heavy atom. The van der Waals surface area contributed by atoms with Gasteiger partial charge in [-0.1, -0.05) is 0 Å². The van der Waals surface area contributed by atoms with Gasteiger partial charge in [-0.05, 0) is 28.1 Å². The Morgan fingerprint density at radius 1 is 1.50 bits per heavy atom. The van der Waals surface area contributed by atoms with E-state index in [1.54, 1.807) is 12.1 Å². The molecule has 1 aromatic rings. The molecule has 0 heterocycles. The number of benzene rings is 1. The van der Waals surface area contributed by atoms with Crippen LogP contribution >= 0.6 is 28.6 Å². The Bertz CT molecular complexity index is 267. The van der Waals surface area contributed by atoms with Gasteiger partial charge in [0.05, 0.1) is 11.1 Å². The summed E-state index contributed by atoms with van der Waals surface area (Å²) in [6.07, 6.45) is 0. The molecule has 0 bridgehead atoms. The third kappa shape index (κ3) is 2.68. The Labute approximate surface area is 84.5 Å². The normalized spacial score (nSPS) is 9.92. The number of hydrogen-bond acceptors (Lipinski definition) is 2. The lowest BCUT2D eigenvalue weighted by Crippen LogP contribution is -1.98. The van der Waals surface area contributed by atoms with Crippen molar-refractivity contribution in [1.82, 2.24) is 0 Å². The average Bonchev–Trinajstić information content (AvgIpc) is 2.07. The van der Waals surface area contributed by atoms with Gasteiger partial charge in [-0.3, -0.25) is 0 Å². The second-order valence-corrected chi connectivity index (χ2v) is 3.45. The zero-order valence-electron chi connectivity index (χ0n) is 6.26. The van der Waals surface area contributed by atoms with Gasteiger partial charge in [0.15, 0.2) is 0 Å². The first-order valence-electron chi connectivity index (χ1n) is 3.43. The van der Waals surface area contributed by atoms with Gasteiger partial charge in [0.25, 0.3) is 0 Å². The lowest BCUT2D eigenvalue weighted by atomic mass is 10.3. The molecule has 1 rings (SSSR count). The van der Waals surface area contributed by atoms with Crippen LogP contribution in [-0.2, 0) is 0 Å².